The molecule has 1 saturated heterocycles. The van der Waals surface area contributed by atoms with Crippen molar-refractivity contribution in [3.8, 4) is 11.3 Å². The van der Waals surface area contributed by atoms with E-state index in [4.69, 9.17) is 21.4 Å². The quantitative estimate of drug-likeness (QED) is 0.595. The lowest BCUT2D eigenvalue weighted by Gasteiger charge is -2.12. The van der Waals surface area contributed by atoms with Crippen molar-refractivity contribution in [3.63, 3.8) is 0 Å². The summed E-state index contributed by atoms with van der Waals surface area (Å²) in [5, 5.41) is 0. The van der Waals surface area contributed by atoms with Gasteiger partial charge in [0.25, 0.3) is 5.91 Å². The maximum Gasteiger partial charge on any atom is 0.266 e. The van der Waals surface area contributed by atoms with Crippen molar-refractivity contribution in [2.75, 3.05) is 20.3 Å². The highest BCUT2D eigenvalue weighted by atomic mass is 32.2. The second-order valence-corrected chi connectivity index (χ2v) is 6.71. The summed E-state index contributed by atoms with van der Waals surface area (Å²) in [7, 11) is 1.58. The molecule has 1 aromatic heterocycles. The van der Waals surface area contributed by atoms with Crippen LogP contribution in [-0.2, 0) is 9.53 Å². The van der Waals surface area contributed by atoms with Crippen LogP contribution in [0.5, 0.6) is 0 Å². The molecule has 3 rings (SSSR count). The van der Waals surface area contributed by atoms with Crippen molar-refractivity contribution in [2.45, 2.75) is 0 Å². The summed E-state index contributed by atoms with van der Waals surface area (Å²) in [4.78, 5) is 14.4. The van der Waals surface area contributed by atoms with Crippen molar-refractivity contribution < 1.29 is 18.3 Å². The molecule has 0 N–H and O–H groups in total. The fourth-order valence-corrected chi connectivity index (χ4v) is 3.49. The molecular formula is C17H14FNO3S2. The van der Waals surface area contributed by atoms with E-state index in [1.54, 1.807) is 37.5 Å². The van der Waals surface area contributed by atoms with Gasteiger partial charge in [-0.15, -0.1) is 0 Å². The van der Waals surface area contributed by atoms with Crippen LogP contribution in [-0.4, -0.2) is 35.4 Å². The van der Waals surface area contributed by atoms with Gasteiger partial charge >= 0.3 is 0 Å². The Labute approximate surface area is 148 Å². The van der Waals surface area contributed by atoms with Gasteiger partial charge in [0.15, 0.2) is 0 Å². The van der Waals surface area contributed by atoms with Gasteiger partial charge in [0, 0.05) is 18.7 Å². The lowest BCUT2D eigenvalue weighted by Crippen LogP contribution is -2.31. The Balaban J connectivity index is 1.78. The van der Waals surface area contributed by atoms with Gasteiger partial charge in [0.05, 0.1) is 18.1 Å². The van der Waals surface area contributed by atoms with Gasteiger partial charge in [0.1, 0.15) is 21.7 Å². The van der Waals surface area contributed by atoms with Gasteiger partial charge in [0.2, 0.25) is 0 Å². The smallest absolute Gasteiger partial charge is 0.266 e. The Bertz CT molecular complexity index is 798. The fourth-order valence-electron chi connectivity index (χ4n) is 2.20. The maximum atomic E-state index is 13.0. The lowest BCUT2D eigenvalue weighted by atomic mass is 10.2. The van der Waals surface area contributed by atoms with E-state index in [1.165, 1.54) is 28.8 Å². The second-order valence-electron chi connectivity index (χ2n) is 5.04. The number of ether oxygens (including phenoxy) is 1. The third-order valence-electron chi connectivity index (χ3n) is 3.42. The van der Waals surface area contributed by atoms with E-state index in [-0.39, 0.29) is 11.7 Å². The molecule has 1 amide bonds. The standard InChI is InChI=1S/C17H14FNO3S2/c1-21-9-8-19-16(20)15(24-17(19)23)10-13-6-7-14(22-13)11-2-4-12(18)5-3-11/h2-7,10H,8-9H2,1H3/b15-10-. The van der Waals surface area contributed by atoms with Gasteiger partial charge in [-0.2, -0.15) is 0 Å². The number of nitrogens with zero attached hydrogens (tertiary/aromatic N) is 1. The van der Waals surface area contributed by atoms with Crippen LogP contribution < -0.4 is 0 Å². The number of furan rings is 1. The minimum Gasteiger partial charge on any atom is -0.457 e. The maximum absolute atomic E-state index is 13.0. The van der Waals surface area contributed by atoms with E-state index in [0.717, 1.165) is 5.56 Å². The van der Waals surface area contributed by atoms with Gasteiger partial charge < -0.3 is 9.15 Å². The summed E-state index contributed by atoms with van der Waals surface area (Å²) < 4.78 is 24.2. The summed E-state index contributed by atoms with van der Waals surface area (Å²) in [5.41, 5.74) is 0.767. The number of thiocarbonyl (C=S) groups is 1. The number of hydrogen-bond acceptors (Lipinski definition) is 5. The molecule has 1 aromatic carbocycles. The Morgan fingerprint density at radius 2 is 2.04 bits per heavy atom. The molecule has 1 aliphatic rings. The molecule has 0 radical (unpaired) electrons. The number of carbonyl (C=O) groups is 1. The summed E-state index contributed by atoms with van der Waals surface area (Å²) in [6, 6.07) is 9.58. The molecule has 4 nitrogen and oxygen atoms in total. The number of halogens is 1. The van der Waals surface area contributed by atoms with Crippen molar-refractivity contribution in [2.24, 2.45) is 0 Å². The molecule has 0 unspecified atom stereocenters. The highest BCUT2D eigenvalue weighted by molar-refractivity contribution is 8.26. The van der Waals surface area contributed by atoms with Gasteiger partial charge in [-0.05, 0) is 36.4 Å². The molecule has 0 atom stereocenters. The summed E-state index contributed by atoms with van der Waals surface area (Å²) >= 11 is 6.46. The first kappa shape index (κ1) is 16.9. The monoisotopic (exact) mass is 363 g/mol. The SMILES string of the molecule is COCCN1C(=O)/C(=C/c2ccc(-c3ccc(F)cc3)o2)SC1=S. The first-order valence-corrected chi connectivity index (χ1v) is 8.41. The highest BCUT2D eigenvalue weighted by Crippen LogP contribution is 2.33. The fraction of sp³-hybridized carbons (Fsp3) is 0.176. The number of methoxy groups -OCH3 is 1. The third-order valence-corrected chi connectivity index (χ3v) is 4.80. The Kier molecular flexibility index (Phi) is 5.13. The molecular weight excluding hydrogens is 349 g/mol. The van der Waals surface area contributed by atoms with Crippen LogP contribution in [0.1, 0.15) is 5.76 Å². The predicted octanol–water partition coefficient (Wildman–Crippen LogP) is 3.93. The zero-order valence-corrected chi connectivity index (χ0v) is 14.5. The van der Waals surface area contributed by atoms with E-state index >= 15 is 0 Å². The Hall–Kier alpha value is -1.96. The first-order chi connectivity index (χ1) is 11.6. The minimum absolute atomic E-state index is 0.151. The number of benzene rings is 1. The number of hydrogen-bond donors (Lipinski definition) is 0. The molecule has 1 fully saturated rings. The highest BCUT2D eigenvalue weighted by Gasteiger charge is 2.31. The van der Waals surface area contributed by atoms with Crippen molar-refractivity contribution in [3.05, 3.63) is 52.9 Å². The molecule has 2 aromatic rings. The van der Waals surface area contributed by atoms with Crippen molar-refractivity contribution in [1.82, 2.24) is 4.90 Å². The molecule has 1 aliphatic heterocycles. The molecule has 0 bridgehead atoms. The largest absolute Gasteiger partial charge is 0.457 e. The number of rotatable bonds is 5. The van der Waals surface area contributed by atoms with E-state index in [2.05, 4.69) is 0 Å². The zero-order chi connectivity index (χ0) is 17.1. The van der Waals surface area contributed by atoms with E-state index in [9.17, 15) is 9.18 Å². The van der Waals surface area contributed by atoms with E-state index < -0.39 is 0 Å². The average molecular weight is 363 g/mol. The van der Waals surface area contributed by atoms with E-state index in [1.807, 2.05) is 0 Å². The molecule has 24 heavy (non-hydrogen) atoms. The van der Waals surface area contributed by atoms with Crippen LogP contribution in [0, 0.1) is 5.82 Å². The Morgan fingerprint density at radius 1 is 1.29 bits per heavy atom. The molecule has 7 heteroatoms. The second kappa shape index (κ2) is 7.29. The van der Waals surface area contributed by atoms with Crippen LogP contribution >= 0.6 is 24.0 Å². The molecule has 124 valence electrons. The summed E-state index contributed by atoms with van der Waals surface area (Å²) in [5.74, 6) is 0.699. The van der Waals surface area contributed by atoms with Crippen molar-refractivity contribution >= 4 is 40.3 Å². The average Bonchev–Trinajstić information content (AvgIpc) is 3.13. The van der Waals surface area contributed by atoms with Crippen LogP contribution in [0.15, 0.2) is 45.7 Å². The molecule has 0 aliphatic carbocycles. The Morgan fingerprint density at radius 3 is 2.75 bits per heavy atom. The van der Waals surface area contributed by atoms with Crippen LogP contribution in [0.2, 0.25) is 0 Å². The number of thioether (sulfide) groups is 1. The number of amides is 1. The van der Waals surface area contributed by atoms with Crippen molar-refractivity contribution in [1.29, 1.82) is 0 Å². The topological polar surface area (TPSA) is 42.7 Å². The first-order valence-electron chi connectivity index (χ1n) is 7.18. The van der Waals surface area contributed by atoms with Gasteiger partial charge in [-0.25, -0.2) is 4.39 Å². The number of carbonyl (C=O) groups excluding carboxylic acids is 1. The lowest BCUT2D eigenvalue weighted by molar-refractivity contribution is -0.122. The minimum atomic E-state index is -0.301. The van der Waals surface area contributed by atoms with E-state index in [0.29, 0.717) is 33.9 Å². The third kappa shape index (κ3) is 3.58. The summed E-state index contributed by atoms with van der Waals surface area (Å²) in [6.07, 6.45) is 1.67. The zero-order valence-electron chi connectivity index (χ0n) is 12.8. The van der Waals surface area contributed by atoms with Crippen LogP contribution in [0.4, 0.5) is 4.39 Å². The molecule has 0 saturated carbocycles. The molecule has 2 heterocycles. The van der Waals surface area contributed by atoms with Crippen LogP contribution in [0.3, 0.4) is 0 Å². The predicted molar refractivity (Wildman–Crippen MR) is 95.9 cm³/mol. The molecule has 0 spiro atoms. The van der Waals surface area contributed by atoms with Gasteiger partial charge in [-0.1, -0.05) is 24.0 Å². The van der Waals surface area contributed by atoms with Crippen LogP contribution in [0.25, 0.3) is 17.4 Å². The normalized spacial score (nSPS) is 16.4. The van der Waals surface area contributed by atoms with Gasteiger partial charge in [-0.3, -0.25) is 9.69 Å². The summed E-state index contributed by atoms with van der Waals surface area (Å²) in [6.45, 7) is 0.854.